The Morgan fingerprint density at radius 2 is 1.88 bits per heavy atom. The third-order valence-electron chi connectivity index (χ3n) is 3.64. The van der Waals surface area contributed by atoms with Crippen molar-refractivity contribution in [2.24, 2.45) is 0 Å². The molecule has 1 aromatic carbocycles. The normalized spacial score (nSPS) is 24.8. The van der Waals surface area contributed by atoms with Gasteiger partial charge in [0.2, 0.25) is 0 Å². The predicted molar refractivity (Wildman–Crippen MR) is 74.7 cm³/mol. The van der Waals surface area contributed by atoms with Crippen LogP contribution in [-0.4, -0.2) is 17.8 Å². The summed E-state index contributed by atoms with van der Waals surface area (Å²) in [6.07, 6.45) is 8.13. The van der Waals surface area contributed by atoms with Gasteiger partial charge in [0.25, 0.3) is 0 Å². The fraction of sp³-hybridized carbons (Fsp3) is 0.600. The predicted octanol–water partition coefficient (Wildman–Crippen LogP) is 3.63. The van der Waals surface area contributed by atoms with Crippen LogP contribution in [0.15, 0.2) is 29.2 Å². The Hall–Kier alpha value is -0.470. The Balaban J connectivity index is 1.55. The van der Waals surface area contributed by atoms with Gasteiger partial charge in [-0.15, -0.1) is 11.8 Å². The van der Waals surface area contributed by atoms with Crippen molar-refractivity contribution in [2.45, 2.75) is 54.7 Å². The third kappa shape index (κ3) is 3.49. The van der Waals surface area contributed by atoms with E-state index in [-0.39, 0.29) is 0 Å². The minimum absolute atomic E-state index is 0.714. The van der Waals surface area contributed by atoms with Crippen LogP contribution in [0.25, 0.3) is 0 Å². The Labute approximate surface area is 108 Å². The first-order valence-corrected chi connectivity index (χ1v) is 7.77. The van der Waals surface area contributed by atoms with Crippen molar-refractivity contribution >= 4 is 11.8 Å². The number of thioether (sulfide) groups is 1. The van der Waals surface area contributed by atoms with Crippen LogP contribution in [0.4, 0.5) is 0 Å². The van der Waals surface area contributed by atoms with Crippen LogP contribution in [0.2, 0.25) is 0 Å². The average molecular weight is 247 g/mol. The highest BCUT2D eigenvalue weighted by Gasteiger charge is 2.22. The first-order valence-electron chi connectivity index (χ1n) is 6.89. The summed E-state index contributed by atoms with van der Waals surface area (Å²) in [6, 6.07) is 9.97. The van der Waals surface area contributed by atoms with Gasteiger partial charge in [-0.05, 0) is 56.3 Å². The van der Waals surface area contributed by atoms with Gasteiger partial charge < -0.3 is 5.32 Å². The molecule has 2 aliphatic rings. The van der Waals surface area contributed by atoms with Crippen LogP contribution < -0.4 is 5.32 Å². The molecule has 1 N–H and O–H groups in total. The number of benzene rings is 1. The topological polar surface area (TPSA) is 12.0 Å². The molecule has 1 aliphatic heterocycles. The summed E-state index contributed by atoms with van der Waals surface area (Å²) in [5, 5.41) is 4.54. The molecule has 1 atom stereocenters. The van der Waals surface area contributed by atoms with Crippen molar-refractivity contribution in [3.63, 3.8) is 0 Å². The van der Waals surface area contributed by atoms with Crippen LogP contribution in [0.3, 0.4) is 0 Å². The first kappa shape index (κ1) is 11.6. The Kier molecular flexibility index (Phi) is 3.72. The molecule has 1 heterocycles. The van der Waals surface area contributed by atoms with Gasteiger partial charge in [0.15, 0.2) is 0 Å². The molecule has 1 unspecified atom stereocenters. The van der Waals surface area contributed by atoms with Crippen LogP contribution >= 0.6 is 11.8 Å². The summed E-state index contributed by atoms with van der Waals surface area (Å²) in [5.74, 6) is 0. The van der Waals surface area contributed by atoms with Crippen LogP contribution in [-0.2, 0) is 6.42 Å². The van der Waals surface area contributed by atoms with E-state index in [0.29, 0.717) is 6.04 Å². The van der Waals surface area contributed by atoms with Crippen LogP contribution in [0.5, 0.6) is 0 Å². The maximum Gasteiger partial charge on any atom is 0.0107 e. The van der Waals surface area contributed by atoms with Gasteiger partial charge in [-0.2, -0.15) is 0 Å². The van der Waals surface area contributed by atoms with E-state index >= 15 is 0 Å². The second-order valence-electron chi connectivity index (χ2n) is 5.31. The van der Waals surface area contributed by atoms with E-state index in [9.17, 15) is 0 Å². The second-order valence-corrected chi connectivity index (χ2v) is 6.69. The minimum atomic E-state index is 0.714. The number of rotatable bonds is 4. The molecule has 1 nitrogen and oxygen atoms in total. The van der Waals surface area contributed by atoms with Gasteiger partial charge in [-0.25, -0.2) is 0 Å². The zero-order valence-corrected chi connectivity index (χ0v) is 11.1. The second kappa shape index (κ2) is 5.45. The van der Waals surface area contributed by atoms with E-state index in [2.05, 4.69) is 29.6 Å². The molecule has 3 rings (SSSR count). The summed E-state index contributed by atoms with van der Waals surface area (Å²) in [7, 11) is 0. The largest absolute Gasteiger partial charge is 0.314 e. The number of hydrogen-bond acceptors (Lipinski definition) is 2. The van der Waals surface area contributed by atoms with Crippen molar-refractivity contribution in [2.75, 3.05) is 6.54 Å². The molecule has 1 aliphatic carbocycles. The maximum absolute atomic E-state index is 3.62. The van der Waals surface area contributed by atoms with E-state index in [4.69, 9.17) is 0 Å². The molecule has 2 fully saturated rings. The standard InChI is InChI=1S/C15H21NS/c1-2-10-16-13(3-1)11-12-4-6-14(7-5-12)17-15-8-9-15/h4-7,13,15-16H,1-3,8-11H2. The molecule has 17 heavy (non-hydrogen) atoms. The lowest BCUT2D eigenvalue weighted by atomic mass is 9.98. The van der Waals surface area contributed by atoms with Crippen molar-refractivity contribution in [3.8, 4) is 0 Å². The minimum Gasteiger partial charge on any atom is -0.314 e. The highest BCUT2D eigenvalue weighted by atomic mass is 32.2. The highest BCUT2D eigenvalue weighted by Crippen LogP contribution is 2.39. The number of hydrogen-bond donors (Lipinski definition) is 1. The zero-order chi connectivity index (χ0) is 11.5. The van der Waals surface area contributed by atoms with Crippen LogP contribution in [0.1, 0.15) is 37.7 Å². The third-order valence-corrected chi connectivity index (χ3v) is 4.99. The highest BCUT2D eigenvalue weighted by molar-refractivity contribution is 8.00. The molecule has 1 saturated heterocycles. The van der Waals surface area contributed by atoms with Gasteiger partial charge in [0.05, 0.1) is 0 Å². The van der Waals surface area contributed by atoms with E-state index in [1.54, 1.807) is 0 Å². The summed E-state index contributed by atoms with van der Waals surface area (Å²) < 4.78 is 0. The molecule has 2 heteroatoms. The van der Waals surface area contributed by atoms with Crippen LogP contribution in [0, 0.1) is 0 Å². The van der Waals surface area contributed by atoms with Gasteiger partial charge in [0, 0.05) is 16.2 Å². The molecular formula is C15H21NS. The molecule has 0 spiro atoms. The summed E-state index contributed by atoms with van der Waals surface area (Å²) in [4.78, 5) is 1.45. The van der Waals surface area contributed by atoms with Gasteiger partial charge in [0.1, 0.15) is 0 Å². The fourth-order valence-electron chi connectivity index (χ4n) is 2.47. The van der Waals surface area contributed by atoms with Gasteiger partial charge in [-0.3, -0.25) is 0 Å². The number of piperidine rings is 1. The smallest absolute Gasteiger partial charge is 0.0107 e. The van der Waals surface area contributed by atoms with Crippen molar-refractivity contribution in [1.29, 1.82) is 0 Å². The van der Waals surface area contributed by atoms with E-state index in [1.165, 1.54) is 55.5 Å². The molecule has 0 bridgehead atoms. The lowest BCUT2D eigenvalue weighted by Gasteiger charge is -2.23. The van der Waals surface area contributed by atoms with Crippen molar-refractivity contribution < 1.29 is 0 Å². The Morgan fingerprint density at radius 3 is 2.53 bits per heavy atom. The van der Waals surface area contributed by atoms with Crippen molar-refractivity contribution in [3.05, 3.63) is 29.8 Å². The van der Waals surface area contributed by atoms with Crippen molar-refractivity contribution in [1.82, 2.24) is 5.32 Å². The Bertz CT molecular complexity index is 350. The Morgan fingerprint density at radius 1 is 1.06 bits per heavy atom. The van der Waals surface area contributed by atoms with E-state index < -0.39 is 0 Å². The lowest BCUT2D eigenvalue weighted by molar-refractivity contribution is 0.399. The summed E-state index contributed by atoms with van der Waals surface area (Å²) >= 11 is 2.05. The monoisotopic (exact) mass is 247 g/mol. The molecule has 92 valence electrons. The molecular weight excluding hydrogens is 226 g/mol. The van der Waals surface area contributed by atoms with Gasteiger partial charge >= 0.3 is 0 Å². The fourth-order valence-corrected chi connectivity index (χ4v) is 3.52. The van der Waals surface area contributed by atoms with Gasteiger partial charge in [-0.1, -0.05) is 18.6 Å². The lowest BCUT2D eigenvalue weighted by Crippen LogP contribution is -2.35. The van der Waals surface area contributed by atoms with E-state index in [1.807, 2.05) is 11.8 Å². The molecule has 0 amide bonds. The molecule has 1 aromatic rings. The number of nitrogens with one attached hydrogen (secondary N) is 1. The van der Waals surface area contributed by atoms with E-state index in [0.717, 1.165) is 5.25 Å². The summed E-state index contributed by atoms with van der Waals surface area (Å²) in [5.41, 5.74) is 1.49. The first-order chi connectivity index (χ1) is 8.40. The molecule has 1 saturated carbocycles. The zero-order valence-electron chi connectivity index (χ0n) is 10.3. The SMILES string of the molecule is c1cc(SC2CC2)ccc1CC1CCCCN1. The average Bonchev–Trinajstić information content (AvgIpc) is 3.17. The maximum atomic E-state index is 3.62. The molecule has 0 radical (unpaired) electrons. The quantitative estimate of drug-likeness (QED) is 0.872. The summed E-state index contributed by atoms with van der Waals surface area (Å²) in [6.45, 7) is 1.21. The molecule has 0 aromatic heterocycles.